The second kappa shape index (κ2) is 10.2. The minimum atomic E-state index is 0.232. The molecular weight excluding hydrogens is 334 g/mol. The van der Waals surface area contributed by atoms with E-state index in [1.54, 1.807) is 6.07 Å². The molecule has 0 aliphatic carbocycles. The zero-order chi connectivity index (χ0) is 17.9. The van der Waals surface area contributed by atoms with Crippen molar-refractivity contribution in [3.8, 4) is 17.6 Å². The lowest BCUT2D eigenvalue weighted by Crippen LogP contribution is -2.18. The van der Waals surface area contributed by atoms with E-state index in [0.717, 1.165) is 30.7 Å². The monoisotopic (exact) mass is 355 g/mol. The van der Waals surface area contributed by atoms with E-state index in [9.17, 15) is 0 Å². The SMILES string of the molecule is N#Cc1ccccc1OCCCCCOc1cccc(NC(N)=S)c1. The van der Waals surface area contributed by atoms with Gasteiger partial charge >= 0.3 is 0 Å². The number of thiocarbonyl (C=S) groups is 1. The molecule has 0 aliphatic rings. The molecule has 6 heteroatoms. The van der Waals surface area contributed by atoms with Gasteiger partial charge in [-0.2, -0.15) is 5.26 Å². The average Bonchev–Trinajstić information content (AvgIpc) is 2.61. The molecule has 2 aromatic carbocycles. The van der Waals surface area contributed by atoms with E-state index in [0.29, 0.717) is 24.5 Å². The van der Waals surface area contributed by atoms with Crippen LogP contribution in [0.15, 0.2) is 48.5 Å². The third-order valence-corrected chi connectivity index (χ3v) is 3.53. The third-order valence-electron chi connectivity index (χ3n) is 3.42. The highest BCUT2D eigenvalue weighted by Crippen LogP contribution is 2.18. The fraction of sp³-hybridized carbons (Fsp3) is 0.263. The summed E-state index contributed by atoms with van der Waals surface area (Å²) < 4.78 is 11.4. The van der Waals surface area contributed by atoms with Crippen molar-refractivity contribution < 1.29 is 9.47 Å². The zero-order valence-electron chi connectivity index (χ0n) is 13.9. The lowest BCUT2D eigenvalue weighted by molar-refractivity contribution is 0.279. The quantitative estimate of drug-likeness (QED) is 0.525. The molecule has 5 nitrogen and oxygen atoms in total. The predicted molar refractivity (Wildman–Crippen MR) is 103 cm³/mol. The van der Waals surface area contributed by atoms with Gasteiger partial charge in [0.2, 0.25) is 0 Å². The van der Waals surface area contributed by atoms with Gasteiger partial charge in [-0.3, -0.25) is 0 Å². The molecule has 0 saturated heterocycles. The van der Waals surface area contributed by atoms with E-state index >= 15 is 0 Å². The number of unbranched alkanes of at least 4 members (excludes halogenated alkanes) is 2. The van der Waals surface area contributed by atoms with Crippen molar-refractivity contribution in [2.45, 2.75) is 19.3 Å². The first-order chi connectivity index (χ1) is 12.2. The van der Waals surface area contributed by atoms with Crippen LogP contribution in [0, 0.1) is 11.3 Å². The Morgan fingerprint density at radius 1 is 1.04 bits per heavy atom. The van der Waals surface area contributed by atoms with Crippen molar-refractivity contribution in [2.24, 2.45) is 5.73 Å². The van der Waals surface area contributed by atoms with E-state index in [2.05, 4.69) is 11.4 Å². The minimum absolute atomic E-state index is 0.232. The van der Waals surface area contributed by atoms with Crippen LogP contribution in [0.5, 0.6) is 11.5 Å². The molecule has 0 amide bonds. The first-order valence-corrected chi connectivity index (χ1v) is 8.51. The van der Waals surface area contributed by atoms with Crippen LogP contribution in [0.3, 0.4) is 0 Å². The van der Waals surface area contributed by atoms with Gasteiger partial charge in [0, 0.05) is 11.8 Å². The summed E-state index contributed by atoms with van der Waals surface area (Å²) in [6.45, 7) is 1.22. The van der Waals surface area contributed by atoms with Crippen LogP contribution in [0.2, 0.25) is 0 Å². The van der Waals surface area contributed by atoms with Crippen LogP contribution in [0.4, 0.5) is 5.69 Å². The molecule has 0 aliphatic heterocycles. The van der Waals surface area contributed by atoms with Gasteiger partial charge < -0.3 is 20.5 Å². The number of hydrogen-bond donors (Lipinski definition) is 2. The second-order valence-corrected chi connectivity index (χ2v) is 5.82. The van der Waals surface area contributed by atoms with Gasteiger partial charge in [0.05, 0.1) is 18.8 Å². The van der Waals surface area contributed by atoms with Gasteiger partial charge in [0.25, 0.3) is 0 Å². The number of nitrogens with one attached hydrogen (secondary N) is 1. The van der Waals surface area contributed by atoms with Crippen molar-refractivity contribution in [3.63, 3.8) is 0 Å². The van der Waals surface area contributed by atoms with Gasteiger partial charge in [-0.05, 0) is 55.7 Å². The number of anilines is 1. The molecule has 0 fully saturated rings. The molecule has 2 rings (SSSR count). The smallest absolute Gasteiger partial charge is 0.168 e. The van der Waals surface area contributed by atoms with Crippen molar-refractivity contribution in [1.82, 2.24) is 0 Å². The van der Waals surface area contributed by atoms with Crippen LogP contribution in [0.1, 0.15) is 24.8 Å². The highest BCUT2D eigenvalue weighted by molar-refractivity contribution is 7.80. The largest absolute Gasteiger partial charge is 0.494 e. The predicted octanol–water partition coefficient (Wildman–Crippen LogP) is 3.84. The van der Waals surface area contributed by atoms with E-state index in [4.69, 9.17) is 32.7 Å². The van der Waals surface area contributed by atoms with Gasteiger partial charge in [0.15, 0.2) is 5.11 Å². The van der Waals surface area contributed by atoms with Crippen molar-refractivity contribution in [1.29, 1.82) is 5.26 Å². The average molecular weight is 355 g/mol. The topological polar surface area (TPSA) is 80.3 Å². The molecule has 0 heterocycles. The molecule has 0 saturated carbocycles. The molecule has 0 spiro atoms. The number of rotatable bonds is 9. The summed E-state index contributed by atoms with van der Waals surface area (Å²) >= 11 is 4.81. The summed E-state index contributed by atoms with van der Waals surface area (Å²) in [4.78, 5) is 0. The van der Waals surface area contributed by atoms with Crippen molar-refractivity contribution >= 4 is 23.0 Å². The summed E-state index contributed by atoms with van der Waals surface area (Å²) in [7, 11) is 0. The maximum Gasteiger partial charge on any atom is 0.168 e. The molecule has 130 valence electrons. The highest BCUT2D eigenvalue weighted by Gasteiger charge is 2.01. The maximum absolute atomic E-state index is 9.00. The van der Waals surface area contributed by atoms with E-state index < -0.39 is 0 Å². The number of nitrogens with two attached hydrogens (primary N) is 1. The third kappa shape index (κ3) is 6.69. The molecule has 3 N–H and O–H groups in total. The normalized spacial score (nSPS) is 9.88. The number of ether oxygens (including phenoxy) is 2. The number of benzene rings is 2. The Morgan fingerprint density at radius 2 is 1.80 bits per heavy atom. The van der Waals surface area contributed by atoms with Crippen molar-refractivity contribution in [3.05, 3.63) is 54.1 Å². The van der Waals surface area contributed by atoms with Gasteiger partial charge in [-0.1, -0.05) is 18.2 Å². The van der Waals surface area contributed by atoms with Crippen LogP contribution in [0.25, 0.3) is 0 Å². The van der Waals surface area contributed by atoms with Crippen LogP contribution in [-0.4, -0.2) is 18.3 Å². The molecule has 25 heavy (non-hydrogen) atoms. The highest BCUT2D eigenvalue weighted by atomic mass is 32.1. The maximum atomic E-state index is 9.00. The zero-order valence-corrected chi connectivity index (χ0v) is 14.7. The fourth-order valence-corrected chi connectivity index (χ4v) is 2.36. The lowest BCUT2D eigenvalue weighted by Gasteiger charge is -2.09. The molecule has 0 radical (unpaired) electrons. The molecular formula is C19H21N3O2S. The Bertz CT molecular complexity index is 743. The van der Waals surface area contributed by atoms with Gasteiger partial charge in [0.1, 0.15) is 17.6 Å². The number of nitrogens with zero attached hydrogens (tertiary/aromatic N) is 1. The number of para-hydroxylation sites is 1. The van der Waals surface area contributed by atoms with E-state index in [-0.39, 0.29) is 5.11 Å². The molecule has 0 unspecified atom stereocenters. The first-order valence-electron chi connectivity index (χ1n) is 8.10. The summed E-state index contributed by atoms with van der Waals surface area (Å²) in [5.74, 6) is 1.42. The second-order valence-electron chi connectivity index (χ2n) is 5.38. The van der Waals surface area contributed by atoms with Crippen LogP contribution >= 0.6 is 12.2 Å². The lowest BCUT2D eigenvalue weighted by atomic mass is 10.2. The minimum Gasteiger partial charge on any atom is -0.494 e. The van der Waals surface area contributed by atoms with Gasteiger partial charge in [-0.25, -0.2) is 0 Å². The molecule has 0 bridgehead atoms. The van der Waals surface area contributed by atoms with E-state index in [1.165, 1.54) is 0 Å². The van der Waals surface area contributed by atoms with Gasteiger partial charge in [-0.15, -0.1) is 0 Å². The number of hydrogen-bond acceptors (Lipinski definition) is 4. The summed E-state index contributed by atoms with van der Waals surface area (Å²) in [5.41, 5.74) is 6.83. The Morgan fingerprint density at radius 3 is 2.56 bits per heavy atom. The molecule has 2 aromatic rings. The van der Waals surface area contributed by atoms with Crippen LogP contribution < -0.4 is 20.5 Å². The summed E-state index contributed by atoms with van der Waals surface area (Å²) in [5, 5.41) is 12.1. The Hall–Kier alpha value is -2.78. The summed E-state index contributed by atoms with van der Waals surface area (Å²) in [6.07, 6.45) is 2.82. The van der Waals surface area contributed by atoms with E-state index in [1.807, 2.05) is 42.5 Å². The fourth-order valence-electron chi connectivity index (χ4n) is 2.24. The number of nitriles is 1. The summed E-state index contributed by atoms with van der Waals surface area (Å²) in [6, 6.07) is 16.9. The standard InChI is InChI=1S/C19H21N3O2S/c20-14-15-7-2-3-10-18(15)24-12-5-1-4-11-23-17-9-6-8-16(13-17)22-19(21)25/h2-3,6-10,13H,1,4-5,11-12H2,(H3,21,22,25). The van der Waals surface area contributed by atoms with Crippen LogP contribution in [-0.2, 0) is 0 Å². The van der Waals surface area contributed by atoms with Crippen molar-refractivity contribution in [2.75, 3.05) is 18.5 Å². The molecule has 0 aromatic heterocycles. The Balaban J connectivity index is 1.62. The Labute approximate surface area is 153 Å². The Kier molecular flexibility index (Phi) is 7.54. The molecule has 0 atom stereocenters. The first kappa shape index (κ1) is 18.6.